The number of carboxylic acid groups (broad SMARTS) is 2. The fraction of sp³-hybridized carbons (Fsp3) is 0.797. The van der Waals surface area contributed by atoms with Crippen molar-refractivity contribution in [2.75, 3.05) is 46.1 Å². The molecular formula is C69H118N14O33. The molecule has 0 aromatic carbocycles. The number of carboxylic acids is 2. The Bertz CT molecular complexity index is 3270. The summed E-state index contributed by atoms with van der Waals surface area (Å²) in [6.07, 6.45) is -33.4. The molecular weight excluding hydrogens is 1550 g/mol. The Kier molecular flexibility index (Phi) is 42.5. The number of aliphatic hydroxyl groups is 7. The highest BCUT2D eigenvalue weighted by molar-refractivity contribution is 5.94. The van der Waals surface area contributed by atoms with E-state index in [1.807, 2.05) is 0 Å². The summed E-state index contributed by atoms with van der Waals surface area (Å²) in [5.41, 5.74) is 22.2. The lowest BCUT2D eigenvalue weighted by Gasteiger charge is -2.52. The minimum absolute atomic E-state index is 0.0378. The molecule has 27 N–H and O–H groups in total. The maximum absolute atomic E-state index is 14.3. The number of primary amides is 2. The van der Waals surface area contributed by atoms with E-state index in [9.17, 15) is 113 Å². The number of aliphatic hydroxyl groups excluding tert-OH is 7. The van der Waals surface area contributed by atoms with Crippen molar-refractivity contribution in [1.82, 2.24) is 53.2 Å². The van der Waals surface area contributed by atoms with Crippen LogP contribution in [-0.4, -0.2) is 346 Å². The van der Waals surface area contributed by atoms with Crippen molar-refractivity contribution in [1.29, 1.82) is 0 Å². The molecule has 0 bridgehead atoms. The van der Waals surface area contributed by atoms with Crippen LogP contribution in [0.15, 0.2) is 0 Å². The zero-order chi connectivity index (χ0) is 87.1. The highest BCUT2D eigenvalue weighted by Crippen LogP contribution is 2.37. The number of carbonyl (C=O) groups excluding carboxylic acids is 12. The number of aliphatic carboxylic acids is 2. The third kappa shape index (κ3) is 30.3. The minimum atomic E-state index is -2.20. The fourth-order valence-corrected chi connectivity index (χ4v) is 12.9. The Balaban J connectivity index is 1.75. The lowest BCUT2D eigenvalue weighted by Crippen LogP contribution is -2.72. The van der Waals surface area contributed by atoms with Crippen LogP contribution < -0.4 is 76.1 Å². The summed E-state index contributed by atoms with van der Waals surface area (Å²) in [5, 5.41) is 122. The highest BCUT2D eigenvalue weighted by Gasteiger charge is 2.58. The van der Waals surface area contributed by atoms with Gasteiger partial charge in [0.05, 0.1) is 26.4 Å². The number of nitrogens with one attached hydrogen (secondary N) is 10. The van der Waals surface area contributed by atoms with Crippen LogP contribution in [0.4, 0.5) is 0 Å². The van der Waals surface area contributed by atoms with Crippen molar-refractivity contribution in [2.45, 2.75) is 304 Å². The normalized spacial score (nSPS) is 29.3. The molecule has 4 saturated heterocycles. The van der Waals surface area contributed by atoms with E-state index in [4.69, 9.17) is 70.3 Å². The number of ether oxygens (including phenoxy) is 10. The van der Waals surface area contributed by atoms with Gasteiger partial charge in [-0.25, -0.2) is 9.59 Å². The molecule has 116 heavy (non-hydrogen) atoms. The van der Waals surface area contributed by atoms with Crippen molar-refractivity contribution in [3.63, 3.8) is 0 Å². The van der Waals surface area contributed by atoms with Crippen molar-refractivity contribution in [3.05, 3.63) is 0 Å². The third-order valence-electron chi connectivity index (χ3n) is 19.0. The van der Waals surface area contributed by atoms with Gasteiger partial charge >= 0.3 is 11.9 Å². The monoisotopic (exact) mass is 1670 g/mol. The number of carbonyl (C=O) groups is 14. The molecule has 0 saturated carbocycles. The molecule has 0 aliphatic carbocycles. The summed E-state index contributed by atoms with van der Waals surface area (Å²) in [7, 11) is 0. The van der Waals surface area contributed by atoms with Crippen LogP contribution in [0.1, 0.15) is 133 Å². The van der Waals surface area contributed by atoms with Crippen molar-refractivity contribution >= 4 is 82.8 Å². The largest absolute Gasteiger partial charge is 0.480 e. The van der Waals surface area contributed by atoms with E-state index < -0.39 is 306 Å². The predicted octanol–water partition coefficient (Wildman–Crippen LogP) is -11.0. The molecule has 662 valence electrons. The zero-order valence-corrected chi connectivity index (χ0v) is 66.0. The number of rotatable bonds is 49. The van der Waals surface area contributed by atoms with Gasteiger partial charge in [0.2, 0.25) is 70.9 Å². The summed E-state index contributed by atoms with van der Waals surface area (Å²) in [4.78, 5) is 183. The second kappa shape index (κ2) is 49.3. The molecule has 4 aliphatic rings. The van der Waals surface area contributed by atoms with E-state index in [0.29, 0.717) is 32.1 Å². The lowest BCUT2D eigenvalue weighted by atomic mass is 9.92. The van der Waals surface area contributed by atoms with Gasteiger partial charge in [-0.2, -0.15) is 0 Å². The van der Waals surface area contributed by atoms with E-state index in [2.05, 4.69) is 53.2 Å². The molecule has 4 fully saturated rings. The summed E-state index contributed by atoms with van der Waals surface area (Å²) < 4.78 is 62.8. The fourth-order valence-electron chi connectivity index (χ4n) is 12.9. The molecule has 0 radical (unpaired) electrons. The molecule has 4 aliphatic heterocycles. The molecule has 47 nitrogen and oxygen atoms in total. The van der Waals surface area contributed by atoms with Crippen LogP contribution in [0.25, 0.3) is 0 Å². The molecule has 0 spiro atoms. The van der Waals surface area contributed by atoms with E-state index >= 15 is 0 Å². The van der Waals surface area contributed by atoms with Crippen molar-refractivity contribution in [2.24, 2.45) is 22.9 Å². The Morgan fingerprint density at radius 2 is 0.733 bits per heavy atom. The number of amides is 12. The van der Waals surface area contributed by atoms with Gasteiger partial charge in [0.25, 0.3) is 0 Å². The molecule has 0 aromatic rings. The standard InChI is InChI=1S/C69H118N14O33/c1-10-23-107-66-48(78-34(8)90)56(108-30(4)62(101)74-28(2)60(99)82-36(58(72)97)17-19-44(92)80-38(64(103)104)15-11-13-21-70)54(42(26-86)111-66)116-68-47(77-33(7)89)52(96)53(41(25-85)112-68)114-69-49(79-35(9)91)57(55(43(27-87)113-69)115-67-46(76-32(6)88)51(95)50(94)40(24-84)110-67)109-31(5)63(102)75-29(3)61(100)83-37(59(73)98)18-20-45(93)81-39(65(105)106)16-12-14-22-71/h28-31,36-43,46-57,66-69,84-87,94-96H,10-27,70-71H2,1-9H3,(H2,72,97)(H2,73,98)(H,74,101)(H,75,102)(H,76,88)(H,77,89)(H,78,90)(H,79,91)(H,80,92)(H,81,93)(H,82,99)(H,83,100)(H,103,104)(H,105,106)/t28-,29-,30+,31+,36+,37+,38-,39-,40+,41+,42+,43+,46+,47+,48+,49+,50+,51+,52+,53+,54+,55+,56+,57+,66+,67-,68-,69-/m0/s1. The van der Waals surface area contributed by atoms with Gasteiger partial charge in [0.15, 0.2) is 25.2 Å². The second-order valence-corrected chi connectivity index (χ2v) is 28.4. The zero-order valence-electron chi connectivity index (χ0n) is 66.0. The number of unbranched alkanes of at least 4 members (excludes halogenated alkanes) is 2. The van der Waals surface area contributed by atoms with Crippen molar-refractivity contribution in [3.8, 4) is 0 Å². The topological polar surface area (TPSA) is 738 Å². The first-order chi connectivity index (χ1) is 54.7. The van der Waals surface area contributed by atoms with Crippen LogP contribution in [0.3, 0.4) is 0 Å². The summed E-state index contributed by atoms with van der Waals surface area (Å²) in [6.45, 7) is 6.73. The Morgan fingerprint density at radius 1 is 0.397 bits per heavy atom. The number of nitrogens with two attached hydrogens (primary N) is 4. The van der Waals surface area contributed by atoms with E-state index in [-0.39, 0.29) is 32.5 Å². The van der Waals surface area contributed by atoms with Gasteiger partial charge in [-0.05, 0) is 98.6 Å². The molecule has 28 atom stereocenters. The second-order valence-electron chi connectivity index (χ2n) is 28.4. The van der Waals surface area contributed by atoms with Gasteiger partial charge in [-0.1, -0.05) is 6.92 Å². The minimum Gasteiger partial charge on any atom is -0.480 e. The average Bonchev–Trinajstić information content (AvgIpc) is 0.762. The van der Waals surface area contributed by atoms with E-state index in [1.54, 1.807) is 6.92 Å². The Hall–Kier alpha value is -8.18. The molecule has 0 unspecified atom stereocenters. The predicted molar refractivity (Wildman–Crippen MR) is 392 cm³/mol. The number of hydrogen-bond acceptors (Lipinski definition) is 33. The quantitative estimate of drug-likeness (QED) is 0.0252. The SMILES string of the molecule is CCCO[C@@H]1O[C@H](CO)[C@@H](O[C@@H]2O[C@H](CO)[C@@H](O[C@@H]3O[C@H](CO)[C@@H](O[C@@H]4O[C@H](CO)[C@@H](O)[C@H](O)[C@H]4NC(C)=O)[C@H](O[C@H](C)C(=O)N[C@@H](C)C(=O)N[C@H](CCC(=O)N[C@@H](CCCCN)C(=O)O)C(N)=O)[C@H]3NC(C)=O)[C@H](O)[C@H]2NC(C)=O)[C@H](O[C@H](C)C(=O)N[C@@H](C)C(=O)N[C@H](CCC(=O)N[C@@H](CCCCN)C(=O)O)C(N)=O)[C@H]1NC(C)=O. The Morgan fingerprint density at radius 3 is 1.09 bits per heavy atom. The van der Waals surface area contributed by atoms with Gasteiger partial charge in [0.1, 0.15) is 146 Å². The summed E-state index contributed by atoms with van der Waals surface area (Å²) in [6, 6.07) is -15.8. The van der Waals surface area contributed by atoms with Crippen LogP contribution in [-0.2, 0) is 114 Å². The van der Waals surface area contributed by atoms with Crippen LogP contribution in [0.2, 0.25) is 0 Å². The summed E-state index contributed by atoms with van der Waals surface area (Å²) >= 11 is 0. The van der Waals surface area contributed by atoms with Crippen LogP contribution in [0, 0.1) is 0 Å². The van der Waals surface area contributed by atoms with Crippen LogP contribution in [0.5, 0.6) is 0 Å². The first-order valence-electron chi connectivity index (χ1n) is 38.0. The Labute approximate surface area is 667 Å². The lowest BCUT2D eigenvalue weighted by molar-refractivity contribution is -0.366. The van der Waals surface area contributed by atoms with Gasteiger partial charge < -0.3 is 169 Å². The van der Waals surface area contributed by atoms with Gasteiger partial charge in [0, 0.05) is 47.1 Å². The van der Waals surface area contributed by atoms with Gasteiger partial charge in [-0.3, -0.25) is 57.5 Å². The average molecular weight is 1670 g/mol. The number of hydrogen-bond donors (Lipinski definition) is 23. The van der Waals surface area contributed by atoms with E-state index in [1.165, 1.54) is 13.8 Å². The smallest absolute Gasteiger partial charge is 0.326 e. The van der Waals surface area contributed by atoms with E-state index in [0.717, 1.165) is 41.5 Å². The summed E-state index contributed by atoms with van der Waals surface area (Å²) in [5.74, 6) is -14.2. The first-order valence-corrected chi connectivity index (χ1v) is 38.0. The molecule has 4 heterocycles. The molecule has 0 aromatic heterocycles. The maximum atomic E-state index is 14.3. The van der Waals surface area contributed by atoms with Crippen molar-refractivity contribution < 1.29 is 160 Å². The maximum Gasteiger partial charge on any atom is 0.326 e. The molecule has 47 heteroatoms. The molecule has 4 rings (SSSR count). The third-order valence-corrected chi connectivity index (χ3v) is 19.0. The van der Waals surface area contributed by atoms with Crippen LogP contribution >= 0.6 is 0 Å². The highest BCUT2D eigenvalue weighted by atomic mass is 16.8. The first kappa shape index (κ1) is 100. The van der Waals surface area contributed by atoms with Gasteiger partial charge in [-0.15, -0.1) is 0 Å². The molecule has 12 amide bonds.